The van der Waals surface area contributed by atoms with Crippen molar-refractivity contribution in [2.75, 3.05) is 38.2 Å². The summed E-state index contributed by atoms with van der Waals surface area (Å²) in [5.74, 6) is 1.01. The van der Waals surface area contributed by atoms with Gasteiger partial charge in [-0.25, -0.2) is 4.98 Å². The Hall–Kier alpha value is -0.650. The van der Waals surface area contributed by atoms with Gasteiger partial charge in [0.1, 0.15) is 5.82 Å². The molecule has 88 valence electrons. The summed E-state index contributed by atoms with van der Waals surface area (Å²) in [5, 5.41) is 3.14. The minimum Gasteiger partial charge on any atom is -0.373 e. The Kier molecular flexibility index (Phi) is 4.15. The minimum absolute atomic E-state index is 0.250. The number of morpholine rings is 1. The molecule has 2 heterocycles. The van der Waals surface area contributed by atoms with Gasteiger partial charge < -0.3 is 15.0 Å². The number of likely N-dealkylation sites (N-methyl/N-ethyl adjacent to an activating group) is 1. The molecule has 1 fully saturated rings. The number of rotatable bonds is 3. The van der Waals surface area contributed by atoms with Gasteiger partial charge in [-0.1, -0.05) is 15.9 Å². The molecule has 1 N–H and O–H groups in total. The molecule has 5 heteroatoms. The second-order valence-electron chi connectivity index (χ2n) is 3.83. The van der Waals surface area contributed by atoms with Crippen molar-refractivity contribution in [1.82, 2.24) is 10.3 Å². The largest absolute Gasteiger partial charge is 0.373 e. The summed E-state index contributed by atoms with van der Waals surface area (Å²) >= 11 is 3.46. The van der Waals surface area contributed by atoms with Crippen LogP contribution in [0.15, 0.2) is 22.8 Å². The van der Waals surface area contributed by atoms with Crippen LogP contribution in [0.2, 0.25) is 0 Å². The summed E-state index contributed by atoms with van der Waals surface area (Å²) < 4.78 is 6.72. The van der Waals surface area contributed by atoms with Gasteiger partial charge in [0.15, 0.2) is 0 Å². The summed E-state index contributed by atoms with van der Waals surface area (Å²) in [6, 6.07) is 3.98. The number of nitrogens with zero attached hydrogens (tertiary/aromatic N) is 2. The first-order valence-electron chi connectivity index (χ1n) is 5.42. The molecule has 4 nitrogen and oxygen atoms in total. The molecular weight excluding hydrogens is 270 g/mol. The maximum Gasteiger partial charge on any atom is 0.129 e. The van der Waals surface area contributed by atoms with Crippen LogP contribution in [0.25, 0.3) is 0 Å². The molecule has 2 rings (SSSR count). The molecule has 0 bridgehead atoms. The van der Waals surface area contributed by atoms with E-state index in [0.29, 0.717) is 0 Å². The smallest absolute Gasteiger partial charge is 0.129 e. The van der Waals surface area contributed by atoms with Crippen LogP contribution in [0, 0.1) is 0 Å². The zero-order valence-corrected chi connectivity index (χ0v) is 10.9. The van der Waals surface area contributed by atoms with Crippen molar-refractivity contribution in [2.45, 2.75) is 6.10 Å². The number of hydrogen-bond acceptors (Lipinski definition) is 4. The second-order valence-corrected chi connectivity index (χ2v) is 4.74. The minimum atomic E-state index is 0.250. The Morgan fingerprint density at radius 1 is 1.69 bits per heavy atom. The summed E-state index contributed by atoms with van der Waals surface area (Å²) in [6.07, 6.45) is 2.07. The lowest BCUT2D eigenvalue weighted by atomic mass is 10.2. The zero-order valence-electron chi connectivity index (χ0n) is 9.32. The Bertz CT molecular complexity index is 346. The molecule has 1 aliphatic rings. The summed E-state index contributed by atoms with van der Waals surface area (Å²) in [4.78, 5) is 6.64. The van der Waals surface area contributed by atoms with Gasteiger partial charge in [0.25, 0.3) is 0 Å². The highest BCUT2D eigenvalue weighted by Crippen LogP contribution is 2.19. The fourth-order valence-electron chi connectivity index (χ4n) is 1.85. The average molecular weight is 286 g/mol. The van der Waals surface area contributed by atoms with E-state index in [4.69, 9.17) is 4.74 Å². The molecule has 16 heavy (non-hydrogen) atoms. The van der Waals surface area contributed by atoms with Crippen molar-refractivity contribution >= 4 is 21.7 Å². The van der Waals surface area contributed by atoms with Crippen molar-refractivity contribution in [3.05, 3.63) is 22.8 Å². The van der Waals surface area contributed by atoms with E-state index in [1.807, 2.05) is 25.4 Å². The van der Waals surface area contributed by atoms with Crippen LogP contribution >= 0.6 is 15.9 Å². The van der Waals surface area contributed by atoms with E-state index in [0.717, 1.165) is 36.5 Å². The molecule has 1 unspecified atom stereocenters. The highest BCUT2D eigenvalue weighted by Gasteiger charge is 2.20. The van der Waals surface area contributed by atoms with Crippen molar-refractivity contribution < 1.29 is 4.74 Å². The normalized spacial score (nSPS) is 21.1. The summed E-state index contributed by atoms with van der Waals surface area (Å²) in [5.41, 5.74) is 0. The fourth-order valence-corrected chi connectivity index (χ4v) is 2.17. The number of anilines is 1. The van der Waals surface area contributed by atoms with Gasteiger partial charge >= 0.3 is 0 Å². The first-order valence-corrected chi connectivity index (χ1v) is 6.21. The molecule has 1 atom stereocenters. The van der Waals surface area contributed by atoms with E-state index >= 15 is 0 Å². The fraction of sp³-hybridized carbons (Fsp3) is 0.545. The van der Waals surface area contributed by atoms with E-state index in [1.165, 1.54) is 0 Å². The summed E-state index contributed by atoms with van der Waals surface area (Å²) in [7, 11) is 1.94. The molecular formula is C11H16BrN3O. The Balaban J connectivity index is 2.03. The lowest BCUT2D eigenvalue weighted by Crippen LogP contribution is -2.46. The molecule has 0 aromatic carbocycles. The van der Waals surface area contributed by atoms with Crippen LogP contribution in [0.3, 0.4) is 0 Å². The van der Waals surface area contributed by atoms with Gasteiger partial charge in [0.05, 0.1) is 12.7 Å². The van der Waals surface area contributed by atoms with Crippen LogP contribution in [-0.2, 0) is 4.74 Å². The molecule has 0 radical (unpaired) electrons. The average Bonchev–Trinajstić information content (AvgIpc) is 2.30. The van der Waals surface area contributed by atoms with Crippen molar-refractivity contribution in [2.24, 2.45) is 0 Å². The predicted octanol–water partition coefficient (Wildman–Crippen LogP) is 1.27. The number of halogens is 1. The molecule has 1 aromatic rings. The first kappa shape index (κ1) is 11.8. The second kappa shape index (κ2) is 5.61. The van der Waals surface area contributed by atoms with E-state index in [1.54, 1.807) is 0 Å². The maximum atomic E-state index is 5.66. The third-order valence-electron chi connectivity index (χ3n) is 2.60. The predicted molar refractivity (Wildman–Crippen MR) is 67.8 cm³/mol. The lowest BCUT2D eigenvalue weighted by Gasteiger charge is -2.33. The quantitative estimate of drug-likeness (QED) is 0.908. The van der Waals surface area contributed by atoms with Gasteiger partial charge in [0, 0.05) is 30.3 Å². The first-order chi connectivity index (χ1) is 7.79. The number of nitrogens with one attached hydrogen (secondary N) is 1. The highest BCUT2D eigenvalue weighted by atomic mass is 79.9. The molecule has 1 aromatic heterocycles. The Morgan fingerprint density at radius 2 is 2.56 bits per heavy atom. The van der Waals surface area contributed by atoms with Crippen molar-refractivity contribution in [1.29, 1.82) is 0 Å². The molecule has 1 saturated heterocycles. The highest BCUT2D eigenvalue weighted by molar-refractivity contribution is 9.10. The van der Waals surface area contributed by atoms with Crippen molar-refractivity contribution in [3.8, 4) is 0 Å². The Labute approximate surface area is 104 Å². The van der Waals surface area contributed by atoms with Crippen LogP contribution in [0.5, 0.6) is 0 Å². The van der Waals surface area contributed by atoms with Crippen LogP contribution in [-0.4, -0.2) is 44.4 Å². The lowest BCUT2D eigenvalue weighted by molar-refractivity contribution is 0.0419. The Morgan fingerprint density at radius 3 is 3.31 bits per heavy atom. The van der Waals surface area contributed by atoms with Gasteiger partial charge in [-0.05, 0) is 19.2 Å². The van der Waals surface area contributed by atoms with Gasteiger partial charge in [0.2, 0.25) is 0 Å². The van der Waals surface area contributed by atoms with E-state index in [-0.39, 0.29) is 6.10 Å². The topological polar surface area (TPSA) is 37.4 Å². The third kappa shape index (κ3) is 2.93. The molecule has 0 spiro atoms. The molecule has 1 aliphatic heterocycles. The zero-order chi connectivity index (χ0) is 11.4. The van der Waals surface area contributed by atoms with E-state index in [9.17, 15) is 0 Å². The van der Waals surface area contributed by atoms with Crippen LogP contribution < -0.4 is 10.2 Å². The third-order valence-corrected chi connectivity index (χ3v) is 3.10. The number of hydrogen-bond donors (Lipinski definition) is 1. The number of pyridine rings is 1. The number of aromatic nitrogens is 1. The SMILES string of the molecule is CNCC1CN(c2cc(Br)ccn2)CCO1. The molecule has 0 amide bonds. The number of ether oxygens (including phenoxy) is 1. The van der Waals surface area contributed by atoms with E-state index < -0.39 is 0 Å². The van der Waals surface area contributed by atoms with Crippen molar-refractivity contribution in [3.63, 3.8) is 0 Å². The van der Waals surface area contributed by atoms with Crippen LogP contribution in [0.1, 0.15) is 0 Å². The molecule has 0 aliphatic carbocycles. The van der Waals surface area contributed by atoms with Gasteiger partial charge in [-0.3, -0.25) is 0 Å². The monoisotopic (exact) mass is 285 g/mol. The van der Waals surface area contributed by atoms with Gasteiger partial charge in [-0.15, -0.1) is 0 Å². The maximum absolute atomic E-state index is 5.66. The van der Waals surface area contributed by atoms with Gasteiger partial charge in [-0.2, -0.15) is 0 Å². The standard InChI is InChI=1S/C11H16BrN3O/c1-13-7-10-8-15(4-5-16-10)11-6-9(12)2-3-14-11/h2-3,6,10,13H,4-5,7-8H2,1H3. The summed E-state index contributed by atoms with van der Waals surface area (Å²) in [6.45, 7) is 3.44. The molecule has 0 saturated carbocycles. The van der Waals surface area contributed by atoms with E-state index in [2.05, 4.69) is 31.1 Å². The van der Waals surface area contributed by atoms with Crippen LogP contribution in [0.4, 0.5) is 5.82 Å².